The van der Waals surface area contributed by atoms with E-state index in [0.717, 1.165) is 50.5 Å². The van der Waals surface area contributed by atoms with Crippen LogP contribution in [0.2, 0.25) is 0 Å². The number of ether oxygens (including phenoxy) is 1. The molecule has 0 amide bonds. The molecule has 0 bridgehead atoms. The number of furan rings is 1. The third kappa shape index (κ3) is 3.36. The number of para-hydroxylation sites is 4. The van der Waals surface area contributed by atoms with Gasteiger partial charge in [-0.25, -0.2) is 0 Å². The molecule has 0 aliphatic carbocycles. The SMILES string of the molecule is c1ccc(N(c2ccc3c(c2)[Si]2(c4ccccc4Oc4ccccc42)c2ccccc2-3)c2cccc3oc4ccccc4c23)cc1. The van der Waals surface area contributed by atoms with E-state index in [9.17, 15) is 0 Å². The van der Waals surface area contributed by atoms with Gasteiger partial charge in [-0.05, 0) is 86.5 Å². The zero-order valence-corrected chi connectivity index (χ0v) is 25.9. The molecule has 216 valence electrons. The van der Waals surface area contributed by atoms with Gasteiger partial charge in [-0.3, -0.25) is 0 Å². The minimum atomic E-state index is -2.74. The van der Waals surface area contributed by atoms with Crippen LogP contribution in [0, 0.1) is 0 Å². The summed E-state index contributed by atoms with van der Waals surface area (Å²) in [5, 5.41) is 7.62. The summed E-state index contributed by atoms with van der Waals surface area (Å²) in [6.45, 7) is 0. The second-order valence-corrected chi connectivity index (χ2v) is 15.7. The Morgan fingerprint density at radius 2 is 1.07 bits per heavy atom. The molecule has 4 heteroatoms. The van der Waals surface area contributed by atoms with Crippen LogP contribution in [0.3, 0.4) is 0 Å². The molecule has 7 aromatic carbocycles. The zero-order valence-electron chi connectivity index (χ0n) is 24.9. The third-order valence-corrected chi connectivity index (χ3v) is 14.6. The second kappa shape index (κ2) is 9.58. The highest BCUT2D eigenvalue weighted by Crippen LogP contribution is 2.44. The number of rotatable bonds is 3. The average Bonchev–Trinajstić information content (AvgIpc) is 3.64. The molecule has 10 rings (SSSR count). The molecular formula is C42H27NO2Si. The van der Waals surface area contributed by atoms with E-state index < -0.39 is 8.07 Å². The lowest BCUT2D eigenvalue weighted by Crippen LogP contribution is -2.74. The van der Waals surface area contributed by atoms with Crippen LogP contribution in [0.4, 0.5) is 17.1 Å². The maximum Gasteiger partial charge on any atom is 0.189 e. The lowest BCUT2D eigenvalue weighted by atomic mass is 10.0. The van der Waals surface area contributed by atoms with Gasteiger partial charge in [0.15, 0.2) is 8.07 Å². The molecule has 1 aromatic heterocycles. The minimum absolute atomic E-state index is 0.881. The first-order valence-corrected chi connectivity index (χ1v) is 17.7. The Kier molecular flexibility index (Phi) is 5.30. The molecule has 46 heavy (non-hydrogen) atoms. The molecule has 0 fully saturated rings. The Morgan fingerprint density at radius 1 is 0.435 bits per heavy atom. The van der Waals surface area contributed by atoms with Crippen LogP contribution in [-0.4, -0.2) is 8.07 Å². The van der Waals surface area contributed by atoms with E-state index in [-0.39, 0.29) is 0 Å². The summed E-state index contributed by atoms with van der Waals surface area (Å²) >= 11 is 0. The molecule has 0 atom stereocenters. The van der Waals surface area contributed by atoms with Crippen molar-refractivity contribution in [3.8, 4) is 22.6 Å². The first kappa shape index (κ1) is 25.5. The smallest absolute Gasteiger partial charge is 0.189 e. The predicted octanol–water partition coefficient (Wildman–Crippen LogP) is 8.52. The Morgan fingerprint density at radius 3 is 1.87 bits per heavy atom. The maximum absolute atomic E-state index is 6.60. The molecule has 8 aromatic rings. The highest BCUT2D eigenvalue weighted by molar-refractivity contribution is 7.23. The third-order valence-electron chi connectivity index (χ3n) is 9.72. The molecule has 0 saturated heterocycles. The van der Waals surface area contributed by atoms with Crippen molar-refractivity contribution in [2.75, 3.05) is 4.90 Å². The van der Waals surface area contributed by atoms with Crippen LogP contribution in [0.1, 0.15) is 0 Å². The van der Waals surface area contributed by atoms with E-state index in [1.54, 1.807) is 0 Å². The predicted molar refractivity (Wildman–Crippen MR) is 191 cm³/mol. The normalized spacial score (nSPS) is 13.6. The van der Waals surface area contributed by atoms with Gasteiger partial charge in [-0.1, -0.05) is 109 Å². The standard InChI is InChI=1S/C42H27NO2Si/c1-2-13-28(14-3-1)43(33-17-12-21-37-42(33)32-16-4-6-18-34(32)44-37)29-25-26-31-30-15-5-9-22-38(30)46(41(31)27-29)39-23-10-7-19-35(39)45-36-20-8-11-24-40(36)46/h1-27H. The molecule has 0 saturated carbocycles. The van der Waals surface area contributed by atoms with E-state index in [4.69, 9.17) is 9.15 Å². The second-order valence-electron chi connectivity index (χ2n) is 12.0. The first-order chi connectivity index (χ1) is 22.8. The van der Waals surface area contributed by atoms with Crippen molar-refractivity contribution in [3.05, 3.63) is 164 Å². The summed E-state index contributed by atoms with van der Waals surface area (Å²) in [6.07, 6.45) is 0. The van der Waals surface area contributed by atoms with Crippen LogP contribution in [-0.2, 0) is 0 Å². The van der Waals surface area contributed by atoms with Crippen molar-refractivity contribution in [2.45, 2.75) is 0 Å². The summed E-state index contributed by atoms with van der Waals surface area (Å²) in [5.41, 5.74) is 7.69. The van der Waals surface area contributed by atoms with Gasteiger partial charge in [0.1, 0.15) is 22.7 Å². The van der Waals surface area contributed by atoms with Crippen molar-refractivity contribution < 1.29 is 9.15 Å². The fourth-order valence-corrected chi connectivity index (χ4v) is 13.3. The lowest BCUT2D eigenvalue weighted by molar-refractivity contribution is 0.487. The fraction of sp³-hybridized carbons (Fsp3) is 0. The molecule has 0 unspecified atom stereocenters. The number of hydrogen-bond donors (Lipinski definition) is 0. The van der Waals surface area contributed by atoms with Gasteiger partial charge in [-0.2, -0.15) is 0 Å². The molecule has 2 aliphatic rings. The summed E-state index contributed by atoms with van der Waals surface area (Å²) < 4.78 is 13.0. The maximum atomic E-state index is 6.60. The summed E-state index contributed by atoms with van der Waals surface area (Å²) in [6, 6.07) is 58.8. The molecule has 3 heterocycles. The average molecular weight is 606 g/mol. The Balaban J connectivity index is 1.30. The quantitative estimate of drug-likeness (QED) is 0.189. The van der Waals surface area contributed by atoms with E-state index in [1.165, 1.54) is 31.9 Å². The Hall–Kier alpha value is -5.84. The van der Waals surface area contributed by atoms with Crippen molar-refractivity contribution in [1.82, 2.24) is 0 Å². The number of benzene rings is 7. The highest BCUT2D eigenvalue weighted by atomic mass is 28.3. The zero-order chi connectivity index (χ0) is 30.2. The summed E-state index contributed by atoms with van der Waals surface area (Å²) in [7, 11) is -2.74. The van der Waals surface area contributed by atoms with Gasteiger partial charge in [-0.15, -0.1) is 0 Å². The first-order valence-electron chi connectivity index (χ1n) is 15.7. The largest absolute Gasteiger partial charge is 0.458 e. The summed E-state index contributed by atoms with van der Waals surface area (Å²) in [5.74, 6) is 1.91. The monoisotopic (exact) mass is 605 g/mol. The van der Waals surface area contributed by atoms with Gasteiger partial charge < -0.3 is 14.1 Å². The lowest BCUT2D eigenvalue weighted by Gasteiger charge is -2.37. The van der Waals surface area contributed by atoms with Crippen LogP contribution >= 0.6 is 0 Å². The van der Waals surface area contributed by atoms with Crippen molar-refractivity contribution in [3.63, 3.8) is 0 Å². The molecule has 3 nitrogen and oxygen atoms in total. The Labute approximate surface area is 267 Å². The molecule has 0 radical (unpaired) electrons. The fourth-order valence-electron chi connectivity index (χ4n) is 7.93. The molecular weight excluding hydrogens is 579 g/mol. The van der Waals surface area contributed by atoms with Gasteiger partial charge in [0, 0.05) is 16.8 Å². The highest BCUT2D eigenvalue weighted by Gasteiger charge is 2.53. The van der Waals surface area contributed by atoms with Crippen LogP contribution in [0.25, 0.3) is 33.1 Å². The molecule has 1 spiro atoms. The van der Waals surface area contributed by atoms with Crippen LogP contribution < -0.4 is 30.4 Å². The topological polar surface area (TPSA) is 25.6 Å². The number of nitrogens with zero attached hydrogens (tertiary/aromatic N) is 1. The van der Waals surface area contributed by atoms with Crippen LogP contribution in [0.15, 0.2) is 168 Å². The number of hydrogen-bond acceptors (Lipinski definition) is 3. The van der Waals surface area contributed by atoms with Gasteiger partial charge in [0.2, 0.25) is 0 Å². The minimum Gasteiger partial charge on any atom is -0.458 e. The number of fused-ring (bicyclic) bond motifs is 12. The van der Waals surface area contributed by atoms with Crippen LogP contribution in [0.5, 0.6) is 11.5 Å². The van der Waals surface area contributed by atoms with Gasteiger partial charge in [0.05, 0.1) is 11.1 Å². The number of anilines is 3. The van der Waals surface area contributed by atoms with Crippen molar-refractivity contribution in [2.24, 2.45) is 0 Å². The van der Waals surface area contributed by atoms with E-state index in [0.29, 0.717) is 0 Å². The van der Waals surface area contributed by atoms with Gasteiger partial charge >= 0.3 is 0 Å². The van der Waals surface area contributed by atoms with Crippen molar-refractivity contribution >= 4 is 67.8 Å². The van der Waals surface area contributed by atoms with Crippen molar-refractivity contribution in [1.29, 1.82) is 0 Å². The Bertz CT molecular complexity index is 2440. The summed E-state index contributed by atoms with van der Waals surface area (Å²) in [4.78, 5) is 2.40. The van der Waals surface area contributed by atoms with E-state index >= 15 is 0 Å². The van der Waals surface area contributed by atoms with E-state index in [2.05, 4.69) is 157 Å². The van der Waals surface area contributed by atoms with Gasteiger partial charge in [0.25, 0.3) is 0 Å². The van der Waals surface area contributed by atoms with E-state index in [1.807, 2.05) is 12.1 Å². The molecule has 2 aliphatic heterocycles. The molecule has 0 N–H and O–H groups in total.